The number of anilines is 2. The molecule has 1 aliphatic heterocycles. The lowest BCUT2D eigenvalue weighted by Gasteiger charge is -2.18. The minimum Gasteiger partial charge on any atom is -0.352 e. The molecule has 1 aliphatic rings. The molecule has 4 rings (SSSR count). The summed E-state index contributed by atoms with van der Waals surface area (Å²) in [5.41, 5.74) is 4.49. The van der Waals surface area contributed by atoms with Crippen molar-refractivity contribution in [2.75, 3.05) is 16.8 Å². The maximum atomic E-state index is 13.0. The Kier molecular flexibility index (Phi) is 6.80. The van der Waals surface area contributed by atoms with E-state index in [1.165, 1.54) is 0 Å². The van der Waals surface area contributed by atoms with Gasteiger partial charge in [-0.1, -0.05) is 54.1 Å². The van der Waals surface area contributed by atoms with E-state index in [-0.39, 0.29) is 16.6 Å². The molecule has 2 N–H and O–H groups in total. The molecule has 0 bridgehead atoms. The molecule has 3 amide bonds. The SMILES string of the molecule is Cc1cccc(N2C(=O)C(Cl)=C(Nc3ccc(C(=O)NCCc4ccccc4)cc3)C2=O)c1C. The van der Waals surface area contributed by atoms with Crippen molar-refractivity contribution in [1.82, 2.24) is 5.32 Å². The summed E-state index contributed by atoms with van der Waals surface area (Å²) in [4.78, 5) is 39.3. The smallest absolute Gasteiger partial charge is 0.283 e. The first-order valence-electron chi connectivity index (χ1n) is 10.9. The summed E-state index contributed by atoms with van der Waals surface area (Å²) in [6.45, 7) is 4.29. The van der Waals surface area contributed by atoms with Crippen molar-refractivity contribution in [1.29, 1.82) is 0 Å². The fraction of sp³-hybridized carbons (Fsp3) is 0.148. The van der Waals surface area contributed by atoms with Gasteiger partial charge in [-0.15, -0.1) is 0 Å². The van der Waals surface area contributed by atoms with Crippen LogP contribution in [0.2, 0.25) is 0 Å². The molecule has 6 nitrogen and oxygen atoms in total. The van der Waals surface area contributed by atoms with Gasteiger partial charge in [-0.05, 0) is 67.3 Å². The van der Waals surface area contributed by atoms with E-state index in [1.54, 1.807) is 36.4 Å². The number of imide groups is 1. The lowest BCUT2D eigenvalue weighted by molar-refractivity contribution is -0.120. The maximum absolute atomic E-state index is 13.0. The largest absolute Gasteiger partial charge is 0.352 e. The van der Waals surface area contributed by atoms with Crippen LogP contribution in [0.3, 0.4) is 0 Å². The molecule has 0 saturated heterocycles. The summed E-state index contributed by atoms with van der Waals surface area (Å²) in [5.74, 6) is -1.28. The third-order valence-electron chi connectivity index (χ3n) is 5.80. The minimum atomic E-state index is -0.572. The van der Waals surface area contributed by atoms with Gasteiger partial charge in [0, 0.05) is 17.8 Å². The second-order valence-electron chi connectivity index (χ2n) is 8.05. The number of hydrogen-bond donors (Lipinski definition) is 2. The highest BCUT2D eigenvalue weighted by Crippen LogP contribution is 2.32. The fourth-order valence-electron chi connectivity index (χ4n) is 3.72. The number of carbonyl (C=O) groups is 3. The molecule has 0 unspecified atom stereocenters. The van der Waals surface area contributed by atoms with E-state index in [1.807, 2.05) is 50.2 Å². The van der Waals surface area contributed by atoms with Crippen molar-refractivity contribution in [3.05, 3.63) is 106 Å². The first kappa shape index (κ1) is 23.3. The van der Waals surface area contributed by atoms with Crippen LogP contribution in [0.1, 0.15) is 27.0 Å². The van der Waals surface area contributed by atoms with Crippen molar-refractivity contribution < 1.29 is 14.4 Å². The van der Waals surface area contributed by atoms with Crippen molar-refractivity contribution in [3.8, 4) is 0 Å². The molecule has 0 atom stereocenters. The van der Waals surface area contributed by atoms with E-state index < -0.39 is 11.8 Å². The highest BCUT2D eigenvalue weighted by molar-refractivity contribution is 6.53. The van der Waals surface area contributed by atoms with Crippen LogP contribution in [0.15, 0.2) is 83.5 Å². The summed E-state index contributed by atoms with van der Waals surface area (Å²) in [6.07, 6.45) is 0.742. The van der Waals surface area contributed by atoms with Crippen molar-refractivity contribution in [2.45, 2.75) is 20.3 Å². The summed E-state index contributed by atoms with van der Waals surface area (Å²) in [5, 5.41) is 5.67. The molecule has 0 aliphatic carbocycles. The van der Waals surface area contributed by atoms with E-state index in [4.69, 9.17) is 11.6 Å². The molecule has 0 radical (unpaired) electrons. The Morgan fingerprint density at radius 2 is 1.59 bits per heavy atom. The van der Waals surface area contributed by atoms with E-state index in [9.17, 15) is 14.4 Å². The quantitative estimate of drug-likeness (QED) is 0.487. The van der Waals surface area contributed by atoms with Gasteiger partial charge in [0.2, 0.25) is 0 Å². The molecular weight excluding hydrogens is 450 g/mol. The Bertz CT molecular complexity index is 1280. The molecule has 3 aromatic rings. The van der Waals surface area contributed by atoms with Crippen LogP contribution in [0.25, 0.3) is 0 Å². The van der Waals surface area contributed by atoms with Crippen LogP contribution in [0.5, 0.6) is 0 Å². The number of nitrogens with zero attached hydrogens (tertiary/aromatic N) is 1. The third-order valence-corrected chi connectivity index (χ3v) is 6.15. The van der Waals surface area contributed by atoms with Crippen molar-refractivity contribution in [2.24, 2.45) is 0 Å². The van der Waals surface area contributed by atoms with Gasteiger partial charge in [-0.3, -0.25) is 14.4 Å². The monoisotopic (exact) mass is 473 g/mol. The van der Waals surface area contributed by atoms with Crippen LogP contribution < -0.4 is 15.5 Å². The Morgan fingerprint density at radius 1 is 0.882 bits per heavy atom. The van der Waals surface area contributed by atoms with Gasteiger partial charge in [0.15, 0.2) is 0 Å². The first-order valence-corrected chi connectivity index (χ1v) is 11.3. The molecular formula is C27H24ClN3O3. The molecule has 7 heteroatoms. The van der Waals surface area contributed by atoms with Gasteiger partial charge in [-0.2, -0.15) is 0 Å². The number of nitrogens with one attached hydrogen (secondary N) is 2. The summed E-state index contributed by atoms with van der Waals surface area (Å²) >= 11 is 6.24. The van der Waals surface area contributed by atoms with Gasteiger partial charge >= 0.3 is 0 Å². The van der Waals surface area contributed by atoms with Crippen molar-refractivity contribution in [3.63, 3.8) is 0 Å². The number of carbonyl (C=O) groups excluding carboxylic acids is 3. The standard InChI is InChI=1S/C27H24ClN3O3/c1-17-7-6-10-22(18(17)2)31-26(33)23(28)24(27(31)34)30-21-13-11-20(12-14-21)25(32)29-16-15-19-8-4-3-5-9-19/h3-14,30H,15-16H2,1-2H3,(H,29,32). The Morgan fingerprint density at radius 3 is 2.29 bits per heavy atom. The molecule has 0 fully saturated rings. The zero-order chi connectivity index (χ0) is 24.2. The van der Waals surface area contributed by atoms with E-state index in [2.05, 4.69) is 10.6 Å². The Hall–Kier alpha value is -3.90. The van der Waals surface area contributed by atoms with Gasteiger partial charge in [0.1, 0.15) is 10.7 Å². The Labute approximate surface area is 203 Å². The van der Waals surface area contributed by atoms with E-state index in [0.29, 0.717) is 23.5 Å². The number of hydrogen-bond acceptors (Lipinski definition) is 4. The van der Waals surface area contributed by atoms with Crippen LogP contribution in [0.4, 0.5) is 11.4 Å². The Balaban J connectivity index is 1.41. The summed E-state index contributed by atoms with van der Waals surface area (Å²) < 4.78 is 0. The van der Waals surface area contributed by atoms with Gasteiger partial charge < -0.3 is 10.6 Å². The zero-order valence-electron chi connectivity index (χ0n) is 18.9. The number of amides is 3. The van der Waals surface area contributed by atoms with Gasteiger partial charge in [0.25, 0.3) is 17.7 Å². The first-order chi connectivity index (χ1) is 16.4. The molecule has 0 aromatic heterocycles. The minimum absolute atomic E-state index is 0.00707. The number of benzene rings is 3. The van der Waals surface area contributed by atoms with Crippen LogP contribution in [-0.4, -0.2) is 24.3 Å². The topological polar surface area (TPSA) is 78.5 Å². The number of rotatable bonds is 7. The van der Waals surface area contributed by atoms with Gasteiger partial charge in [0.05, 0.1) is 5.69 Å². The fourth-order valence-corrected chi connectivity index (χ4v) is 3.94. The van der Waals surface area contributed by atoms with Gasteiger partial charge in [-0.25, -0.2) is 4.90 Å². The molecule has 3 aromatic carbocycles. The predicted octanol–water partition coefficient (Wildman–Crippen LogP) is 4.71. The van der Waals surface area contributed by atoms with Crippen LogP contribution in [0, 0.1) is 13.8 Å². The lowest BCUT2D eigenvalue weighted by atomic mass is 10.1. The summed E-state index contributed by atoms with van der Waals surface area (Å²) in [6, 6.07) is 22.0. The average Bonchev–Trinajstić information content (AvgIpc) is 3.05. The highest BCUT2D eigenvalue weighted by atomic mass is 35.5. The van der Waals surface area contributed by atoms with Crippen molar-refractivity contribution >= 4 is 40.7 Å². The summed E-state index contributed by atoms with van der Waals surface area (Å²) in [7, 11) is 0. The predicted molar refractivity (Wildman–Crippen MR) is 134 cm³/mol. The molecule has 1 heterocycles. The molecule has 34 heavy (non-hydrogen) atoms. The normalized spacial score (nSPS) is 13.4. The molecule has 0 saturated carbocycles. The highest BCUT2D eigenvalue weighted by Gasteiger charge is 2.39. The zero-order valence-corrected chi connectivity index (χ0v) is 19.6. The maximum Gasteiger partial charge on any atom is 0.283 e. The molecule has 0 spiro atoms. The van der Waals surface area contributed by atoms with E-state index >= 15 is 0 Å². The van der Waals surface area contributed by atoms with Crippen LogP contribution >= 0.6 is 11.6 Å². The van der Waals surface area contributed by atoms with E-state index in [0.717, 1.165) is 28.0 Å². The molecule has 172 valence electrons. The second kappa shape index (κ2) is 9.93. The third kappa shape index (κ3) is 4.72. The average molecular weight is 474 g/mol. The van der Waals surface area contributed by atoms with Crippen LogP contribution in [-0.2, 0) is 16.0 Å². The second-order valence-corrected chi connectivity index (χ2v) is 8.43. The lowest BCUT2D eigenvalue weighted by Crippen LogP contribution is -2.33. The number of halogens is 1. The number of aryl methyl sites for hydroxylation is 1.